The fraction of sp³-hybridized carbons (Fsp3) is 0.304. The van der Waals surface area contributed by atoms with Crippen molar-refractivity contribution in [2.45, 2.75) is 31.7 Å². The zero-order valence-electron chi connectivity index (χ0n) is 16.0. The van der Waals surface area contributed by atoms with Gasteiger partial charge >= 0.3 is 0 Å². The molecule has 0 amide bonds. The average molecular weight is 363 g/mol. The third-order valence-corrected chi connectivity index (χ3v) is 6.11. The van der Waals surface area contributed by atoms with E-state index in [1.807, 2.05) is 0 Å². The maximum Gasteiger partial charge on any atom is 0.0529 e. The Kier molecular flexibility index (Phi) is 4.68. The minimum absolute atomic E-state index is 1.04. The second kappa shape index (κ2) is 6.98. The van der Waals surface area contributed by atoms with Crippen molar-refractivity contribution in [1.29, 1.82) is 0 Å². The van der Waals surface area contributed by atoms with Crippen LogP contribution in [0.5, 0.6) is 0 Å². The van der Waals surface area contributed by atoms with Crippen molar-refractivity contribution in [2.75, 3.05) is 19.8 Å². The van der Waals surface area contributed by atoms with Crippen LogP contribution in [0.4, 0.5) is 0 Å². The number of likely N-dealkylation sites (N-methyl/N-ethyl adjacent to an activating group) is 1. The van der Waals surface area contributed by atoms with E-state index in [0.29, 0.717) is 0 Å². The average Bonchev–Trinajstić information content (AvgIpc) is 2.94. The van der Waals surface area contributed by atoms with Crippen LogP contribution in [0.2, 0.25) is 0 Å². The van der Waals surface area contributed by atoms with Gasteiger partial charge in [0.2, 0.25) is 0 Å². The fourth-order valence-corrected chi connectivity index (χ4v) is 4.38. The van der Waals surface area contributed by atoms with Gasteiger partial charge < -0.3 is 9.47 Å². The lowest BCUT2D eigenvalue weighted by molar-refractivity contribution is 0.312. The number of nitrogens with zero attached hydrogens (tertiary/aromatic N) is 2. The van der Waals surface area contributed by atoms with Crippen LogP contribution >= 0.6 is 11.8 Å². The predicted octanol–water partition coefficient (Wildman–Crippen LogP) is 5.68. The molecule has 0 unspecified atom stereocenters. The molecule has 1 aliphatic rings. The van der Waals surface area contributed by atoms with Gasteiger partial charge in [0, 0.05) is 41.7 Å². The lowest BCUT2D eigenvalue weighted by atomic mass is 10.0. The molecule has 1 aromatic heterocycles. The van der Waals surface area contributed by atoms with Crippen LogP contribution in [0.25, 0.3) is 22.7 Å². The molecular formula is C23H26N2S. The zero-order chi connectivity index (χ0) is 18.3. The highest BCUT2D eigenvalue weighted by Crippen LogP contribution is 2.33. The van der Waals surface area contributed by atoms with Crippen LogP contribution < -0.4 is 0 Å². The summed E-state index contributed by atoms with van der Waals surface area (Å²) in [4.78, 5) is 3.74. The zero-order valence-corrected chi connectivity index (χ0v) is 16.9. The Bertz CT molecular complexity index is 997. The van der Waals surface area contributed by atoms with E-state index in [1.165, 1.54) is 43.8 Å². The molecule has 0 N–H and O–H groups in total. The third-order valence-electron chi connectivity index (χ3n) is 5.38. The Hall–Kier alpha value is -1.97. The lowest BCUT2D eigenvalue weighted by Crippen LogP contribution is -2.26. The Balaban J connectivity index is 1.88. The number of fused-ring (bicyclic) bond motifs is 3. The van der Waals surface area contributed by atoms with Gasteiger partial charge in [-0.15, -0.1) is 11.8 Å². The van der Waals surface area contributed by atoms with Crippen LogP contribution in [0.15, 0.2) is 47.4 Å². The van der Waals surface area contributed by atoms with Gasteiger partial charge in [-0.25, -0.2) is 0 Å². The van der Waals surface area contributed by atoms with Crippen molar-refractivity contribution in [2.24, 2.45) is 0 Å². The van der Waals surface area contributed by atoms with Gasteiger partial charge in [0.1, 0.15) is 0 Å². The molecule has 0 saturated carbocycles. The van der Waals surface area contributed by atoms with Gasteiger partial charge in [-0.2, -0.15) is 0 Å². The van der Waals surface area contributed by atoms with E-state index in [1.54, 1.807) is 11.8 Å². The lowest BCUT2D eigenvalue weighted by Gasteiger charge is -2.23. The van der Waals surface area contributed by atoms with Crippen LogP contribution in [0, 0.1) is 6.92 Å². The number of benzene rings is 2. The fourth-order valence-electron chi connectivity index (χ4n) is 3.93. The first kappa shape index (κ1) is 17.4. The third kappa shape index (κ3) is 3.10. The molecule has 0 atom stereocenters. The first-order valence-electron chi connectivity index (χ1n) is 9.20. The normalized spacial score (nSPS) is 15.5. The molecule has 4 rings (SSSR count). The molecule has 3 heteroatoms. The predicted molar refractivity (Wildman–Crippen MR) is 115 cm³/mol. The SMILES string of the molecule is CSc1cccc(/C(C)=C\n2c3c(c4cc(C)ccc42)CN(C)CC3)c1. The summed E-state index contributed by atoms with van der Waals surface area (Å²) in [6.07, 6.45) is 5.57. The largest absolute Gasteiger partial charge is 0.320 e. The molecule has 134 valence electrons. The van der Waals surface area contributed by atoms with E-state index in [2.05, 4.69) is 85.3 Å². The molecule has 1 aliphatic heterocycles. The molecule has 0 fully saturated rings. The summed E-state index contributed by atoms with van der Waals surface area (Å²) >= 11 is 1.80. The van der Waals surface area contributed by atoms with E-state index in [9.17, 15) is 0 Å². The van der Waals surface area contributed by atoms with Crippen LogP contribution in [0.3, 0.4) is 0 Å². The van der Waals surface area contributed by atoms with Gasteiger partial charge in [-0.05, 0) is 68.1 Å². The molecule has 0 saturated heterocycles. The maximum atomic E-state index is 2.44. The van der Waals surface area contributed by atoms with E-state index in [4.69, 9.17) is 0 Å². The van der Waals surface area contributed by atoms with Crippen LogP contribution in [-0.4, -0.2) is 29.3 Å². The first-order chi connectivity index (χ1) is 12.6. The molecule has 0 bridgehead atoms. The molecule has 2 nitrogen and oxygen atoms in total. The molecule has 3 aromatic rings. The van der Waals surface area contributed by atoms with Crippen molar-refractivity contribution < 1.29 is 0 Å². The van der Waals surface area contributed by atoms with E-state index in [-0.39, 0.29) is 0 Å². The second-order valence-corrected chi connectivity index (χ2v) is 8.23. The van der Waals surface area contributed by atoms with Gasteiger partial charge in [0.05, 0.1) is 5.52 Å². The maximum absolute atomic E-state index is 2.44. The van der Waals surface area contributed by atoms with Crippen LogP contribution in [-0.2, 0) is 13.0 Å². The van der Waals surface area contributed by atoms with Gasteiger partial charge in [0.25, 0.3) is 0 Å². The summed E-state index contributed by atoms with van der Waals surface area (Å²) in [6, 6.07) is 15.7. The molecule has 0 radical (unpaired) electrons. The van der Waals surface area contributed by atoms with Gasteiger partial charge in [-0.3, -0.25) is 0 Å². The molecular weight excluding hydrogens is 336 g/mol. The van der Waals surface area contributed by atoms with Crippen molar-refractivity contribution in [1.82, 2.24) is 9.47 Å². The summed E-state index contributed by atoms with van der Waals surface area (Å²) in [5, 5.41) is 1.41. The Morgan fingerprint density at radius 2 is 2.00 bits per heavy atom. The number of rotatable bonds is 3. The molecule has 26 heavy (non-hydrogen) atoms. The number of thioether (sulfide) groups is 1. The molecule has 0 spiro atoms. The summed E-state index contributed by atoms with van der Waals surface area (Å²) in [5.74, 6) is 0. The highest BCUT2D eigenvalue weighted by Gasteiger charge is 2.21. The minimum Gasteiger partial charge on any atom is -0.320 e. The summed E-state index contributed by atoms with van der Waals surface area (Å²) < 4.78 is 2.44. The van der Waals surface area contributed by atoms with Crippen molar-refractivity contribution in [3.63, 3.8) is 0 Å². The topological polar surface area (TPSA) is 8.17 Å². The van der Waals surface area contributed by atoms with Crippen molar-refractivity contribution in [3.8, 4) is 0 Å². The Morgan fingerprint density at radius 3 is 2.81 bits per heavy atom. The quantitative estimate of drug-likeness (QED) is 0.554. The number of hydrogen-bond acceptors (Lipinski definition) is 2. The molecule has 2 aromatic carbocycles. The highest BCUT2D eigenvalue weighted by atomic mass is 32.2. The molecule has 0 aliphatic carbocycles. The number of aryl methyl sites for hydroxylation is 1. The van der Waals surface area contributed by atoms with Gasteiger partial charge in [0.15, 0.2) is 0 Å². The van der Waals surface area contributed by atoms with E-state index >= 15 is 0 Å². The number of allylic oxidation sites excluding steroid dienone is 1. The minimum atomic E-state index is 1.04. The molecule has 2 heterocycles. The van der Waals surface area contributed by atoms with Crippen molar-refractivity contribution in [3.05, 3.63) is 64.8 Å². The monoisotopic (exact) mass is 362 g/mol. The number of aromatic nitrogens is 1. The smallest absolute Gasteiger partial charge is 0.0529 e. The van der Waals surface area contributed by atoms with E-state index < -0.39 is 0 Å². The second-order valence-electron chi connectivity index (χ2n) is 7.35. The Labute approximate surface area is 160 Å². The van der Waals surface area contributed by atoms with Crippen LogP contribution in [0.1, 0.15) is 29.3 Å². The highest BCUT2D eigenvalue weighted by molar-refractivity contribution is 7.98. The first-order valence-corrected chi connectivity index (χ1v) is 10.4. The summed E-state index contributed by atoms with van der Waals surface area (Å²) in [5.41, 5.74) is 8.24. The standard InChI is InChI=1S/C23H26N2S/c1-16-8-9-22-20(12-16)21-15-24(3)11-10-23(21)25(22)14-17(2)18-6-5-7-19(13-18)26-4/h5-9,12-14H,10-11,15H2,1-4H3/b17-14-. The Morgan fingerprint density at radius 1 is 1.15 bits per heavy atom. The number of hydrogen-bond donors (Lipinski definition) is 0. The summed E-state index contributed by atoms with van der Waals surface area (Å²) in [7, 11) is 2.22. The summed E-state index contributed by atoms with van der Waals surface area (Å²) in [6.45, 7) is 6.57. The van der Waals surface area contributed by atoms with Gasteiger partial charge in [-0.1, -0.05) is 23.8 Å². The van der Waals surface area contributed by atoms with E-state index in [0.717, 1.165) is 19.5 Å². The van der Waals surface area contributed by atoms with Crippen molar-refractivity contribution >= 4 is 34.4 Å².